The average molecular weight is 333 g/mol. The van der Waals surface area contributed by atoms with Gasteiger partial charge in [-0.3, -0.25) is 4.90 Å². The highest BCUT2D eigenvalue weighted by Crippen LogP contribution is 2.26. The monoisotopic (exact) mass is 333 g/mol. The number of ether oxygens (including phenoxy) is 1. The molecule has 24 heavy (non-hydrogen) atoms. The van der Waals surface area contributed by atoms with Crippen LogP contribution >= 0.6 is 0 Å². The van der Waals surface area contributed by atoms with E-state index in [0.29, 0.717) is 17.5 Å². The molecule has 0 radical (unpaired) electrons. The van der Waals surface area contributed by atoms with Gasteiger partial charge in [-0.1, -0.05) is 0 Å². The first kappa shape index (κ1) is 15.7. The van der Waals surface area contributed by atoms with E-state index < -0.39 is 11.6 Å². The van der Waals surface area contributed by atoms with Gasteiger partial charge in [0, 0.05) is 38.7 Å². The van der Waals surface area contributed by atoms with Crippen LogP contribution in [-0.4, -0.2) is 40.7 Å². The lowest BCUT2D eigenvalue weighted by Gasteiger charge is -2.31. The van der Waals surface area contributed by atoms with E-state index in [2.05, 4.69) is 14.9 Å². The van der Waals surface area contributed by atoms with Gasteiger partial charge >= 0.3 is 0 Å². The van der Waals surface area contributed by atoms with E-state index in [1.165, 1.54) is 18.6 Å². The number of aromatic nitrogens is 2. The molecule has 0 bridgehead atoms. The summed E-state index contributed by atoms with van der Waals surface area (Å²) in [5, 5.41) is 0. The van der Waals surface area contributed by atoms with Gasteiger partial charge < -0.3 is 9.72 Å². The normalized spacial score (nSPS) is 21.7. The third kappa shape index (κ3) is 3.21. The van der Waals surface area contributed by atoms with Crippen molar-refractivity contribution in [3.63, 3.8) is 0 Å². The Hall–Kier alpha value is -1.79. The second kappa shape index (κ2) is 6.61. The van der Waals surface area contributed by atoms with Crippen LogP contribution < -0.4 is 0 Å². The molecule has 1 aromatic carbocycles. The van der Waals surface area contributed by atoms with Gasteiger partial charge in [0.05, 0.1) is 23.1 Å². The number of aromatic amines is 1. The minimum atomic E-state index is -0.589. The molecule has 6 heteroatoms. The van der Waals surface area contributed by atoms with Crippen LogP contribution in [0.1, 0.15) is 30.7 Å². The number of fused-ring (bicyclic) bond motifs is 1. The number of rotatable bonds is 3. The van der Waals surface area contributed by atoms with Crippen LogP contribution in [0.4, 0.5) is 8.78 Å². The molecule has 4 rings (SSSR count). The molecular formula is C18H21F2N3O. The molecule has 128 valence electrons. The lowest BCUT2D eigenvalue weighted by atomic mass is 10.1. The molecule has 0 saturated carbocycles. The molecule has 1 atom stereocenters. The number of hydrogen-bond acceptors (Lipinski definition) is 3. The van der Waals surface area contributed by atoms with Crippen LogP contribution in [0.2, 0.25) is 0 Å². The number of hydrogen-bond donors (Lipinski definition) is 1. The quantitative estimate of drug-likeness (QED) is 0.937. The number of H-pyrrole nitrogens is 1. The molecule has 1 N–H and O–H groups in total. The minimum Gasteiger partial charge on any atom is -0.377 e. The smallest absolute Gasteiger partial charge is 0.140 e. The van der Waals surface area contributed by atoms with Gasteiger partial charge in [0.25, 0.3) is 0 Å². The van der Waals surface area contributed by atoms with Crippen molar-refractivity contribution >= 4 is 0 Å². The largest absolute Gasteiger partial charge is 0.377 e. The van der Waals surface area contributed by atoms with E-state index in [1.54, 1.807) is 0 Å². The van der Waals surface area contributed by atoms with Crippen molar-refractivity contribution in [2.45, 2.75) is 38.3 Å². The van der Waals surface area contributed by atoms with Crippen LogP contribution in [0.25, 0.3) is 11.4 Å². The maximum absolute atomic E-state index is 14.0. The molecule has 1 saturated heterocycles. The Kier molecular flexibility index (Phi) is 4.33. The standard InChI is InChI=1S/C18H21F2N3O/c19-12-4-5-14(15(20)9-12)18-21-16-6-7-23(11-17(16)22-18)10-13-3-1-2-8-24-13/h4-5,9,13H,1-3,6-8,10-11H2,(H,21,22)/t13-/m0/s1. The molecule has 0 aliphatic carbocycles. The van der Waals surface area contributed by atoms with Crippen molar-refractivity contribution < 1.29 is 13.5 Å². The Balaban J connectivity index is 1.49. The summed E-state index contributed by atoms with van der Waals surface area (Å²) >= 11 is 0. The Morgan fingerprint density at radius 1 is 1.29 bits per heavy atom. The highest BCUT2D eigenvalue weighted by Gasteiger charge is 2.24. The number of nitrogens with one attached hydrogen (secondary N) is 1. The lowest BCUT2D eigenvalue weighted by molar-refractivity contribution is -0.00826. The van der Waals surface area contributed by atoms with E-state index in [0.717, 1.165) is 63.0 Å². The third-order valence-electron chi connectivity index (χ3n) is 4.83. The molecule has 2 aromatic rings. The Morgan fingerprint density at radius 3 is 3.00 bits per heavy atom. The second-order valence-electron chi connectivity index (χ2n) is 6.61. The zero-order valence-electron chi connectivity index (χ0n) is 13.5. The van der Waals surface area contributed by atoms with Crippen molar-refractivity contribution in [3.8, 4) is 11.4 Å². The van der Waals surface area contributed by atoms with Crippen LogP contribution in [-0.2, 0) is 17.7 Å². The summed E-state index contributed by atoms with van der Waals surface area (Å²) in [6, 6.07) is 3.58. The van der Waals surface area contributed by atoms with Gasteiger partial charge in [0.15, 0.2) is 0 Å². The Labute approximate surface area is 139 Å². The first-order valence-electron chi connectivity index (χ1n) is 8.56. The van der Waals surface area contributed by atoms with Crippen molar-refractivity contribution in [1.29, 1.82) is 0 Å². The van der Waals surface area contributed by atoms with Crippen molar-refractivity contribution in [2.24, 2.45) is 0 Å². The van der Waals surface area contributed by atoms with Gasteiger partial charge in [-0.2, -0.15) is 0 Å². The predicted octanol–water partition coefficient (Wildman–Crippen LogP) is 3.28. The predicted molar refractivity (Wildman–Crippen MR) is 86.5 cm³/mol. The van der Waals surface area contributed by atoms with Crippen LogP contribution in [0.5, 0.6) is 0 Å². The third-order valence-corrected chi connectivity index (χ3v) is 4.83. The molecule has 3 heterocycles. The fourth-order valence-corrected chi connectivity index (χ4v) is 3.55. The molecular weight excluding hydrogens is 312 g/mol. The molecule has 1 aromatic heterocycles. The van der Waals surface area contributed by atoms with Gasteiger partial charge in [-0.05, 0) is 31.4 Å². The summed E-state index contributed by atoms with van der Waals surface area (Å²) in [6.07, 6.45) is 4.67. The van der Waals surface area contributed by atoms with Crippen molar-refractivity contribution in [2.75, 3.05) is 19.7 Å². The van der Waals surface area contributed by atoms with E-state index in [9.17, 15) is 8.78 Å². The van der Waals surface area contributed by atoms with Gasteiger partial charge in [-0.15, -0.1) is 0 Å². The van der Waals surface area contributed by atoms with Crippen LogP contribution in [0, 0.1) is 11.6 Å². The summed E-state index contributed by atoms with van der Waals surface area (Å²) in [5.74, 6) is -0.687. The van der Waals surface area contributed by atoms with Gasteiger partial charge in [0.2, 0.25) is 0 Å². The van der Waals surface area contributed by atoms with Gasteiger partial charge in [-0.25, -0.2) is 13.8 Å². The molecule has 4 nitrogen and oxygen atoms in total. The maximum Gasteiger partial charge on any atom is 0.140 e. The lowest BCUT2D eigenvalue weighted by Crippen LogP contribution is -2.38. The molecule has 1 fully saturated rings. The Bertz CT molecular complexity index is 725. The topological polar surface area (TPSA) is 41.2 Å². The number of halogens is 2. The average Bonchev–Trinajstić information content (AvgIpc) is 2.98. The zero-order chi connectivity index (χ0) is 16.5. The van der Waals surface area contributed by atoms with Crippen molar-refractivity contribution in [3.05, 3.63) is 41.2 Å². The fraction of sp³-hybridized carbons (Fsp3) is 0.500. The SMILES string of the molecule is Fc1ccc(-c2nc3c([nH]2)CN(C[C@@H]2CCCCO2)CC3)c(F)c1. The highest BCUT2D eigenvalue weighted by atomic mass is 19.1. The molecule has 0 spiro atoms. The van der Waals surface area contributed by atoms with E-state index in [1.807, 2.05) is 0 Å². The van der Waals surface area contributed by atoms with E-state index in [-0.39, 0.29) is 0 Å². The zero-order valence-corrected chi connectivity index (χ0v) is 13.5. The second-order valence-corrected chi connectivity index (χ2v) is 6.61. The van der Waals surface area contributed by atoms with E-state index in [4.69, 9.17) is 4.74 Å². The first-order valence-corrected chi connectivity index (χ1v) is 8.56. The number of imidazole rings is 1. The Morgan fingerprint density at radius 2 is 2.21 bits per heavy atom. The fourth-order valence-electron chi connectivity index (χ4n) is 3.55. The minimum absolute atomic E-state index is 0.313. The molecule has 2 aliphatic heterocycles. The summed E-state index contributed by atoms with van der Waals surface area (Å²) < 4.78 is 32.9. The summed E-state index contributed by atoms with van der Waals surface area (Å²) in [6.45, 7) is 3.49. The first-order chi connectivity index (χ1) is 11.7. The summed E-state index contributed by atoms with van der Waals surface area (Å²) in [4.78, 5) is 10.1. The van der Waals surface area contributed by atoms with Crippen LogP contribution in [0.15, 0.2) is 18.2 Å². The van der Waals surface area contributed by atoms with Gasteiger partial charge in [0.1, 0.15) is 17.5 Å². The van der Waals surface area contributed by atoms with Crippen molar-refractivity contribution in [1.82, 2.24) is 14.9 Å². The van der Waals surface area contributed by atoms with Crippen LogP contribution in [0.3, 0.4) is 0 Å². The molecule has 2 aliphatic rings. The number of nitrogens with zero attached hydrogens (tertiary/aromatic N) is 2. The molecule has 0 amide bonds. The summed E-state index contributed by atoms with van der Waals surface area (Å²) in [5.41, 5.74) is 2.32. The summed E-state index contributed by atoms with van der Waals surface area (Å²) in [7, 11) is 0. The molecule has 0 unspecified atom stereocenters. The van der Waals surface area contributed by atoms with E-state index >= 15 is 0 Å². The maximum atomic E-state index is 14.0. The number of benzene rings is 1. The highest BCUT2D eigenvalue weighted by molar-refractivity contribution is 5.57.